The summed E-state index contributed by atoms with van der Waals surface area (Å²) >= 11 is 0. The molecule has 8 nitrogen and oxygen atoms in total. The molecule has 3 heterocycles. The van der Waals surface area contributed by atoms with Gasteiger partial charge in [0, 0.05) is 28.4 Å². The van der Waals surface area contributed by atoms with Crippen LogP contribution in [0.3, 0.4) is 0 Å². The van der Waals surface area contributed by atoms with E-state index in [9.17, 15) is 0 Å². The first-order valence-corrected chi connectivity index (χ1v) is 9.99. The number of imidazole rings is 1. The van der Waals surface area contributed by atoms with Gasteiger partial charge in [-0.3, -0.25) is 9.50 Å². The van der Waals surface area contributed by atoms with Gasteiger partial charge in [0.15, 0.2) is 23.0 Å². The summed E-state index contributed by atoms with van der Waals surface area (Å²) in [5.41, 5.74) is 12.3. The predicted octanol–water partition coefficient (Wildman–Crippen LogP) is 4.24. The highest BCUT2D eigenvalue weighted by atomic mass is 16.5. The number of nitrogens with zero attached hydrogens (tertiary/aromatic N) is 4. The number of aryl methyl sites for hydroxylation is 1. The molecule has 0 amide bonds. The Hall–Kier alpha value is -4.07. The number of methoxy groups -OCH3 is 1. The van der Waals surface area contributed by atoms with Crippen molar-refractivity contribution in [1.29, 1.82) is 0 Å². The Morgan fingerprint density at radius 2 is 1.90 bits per heavy atom. The summed E-state index contributed by atoms with van der Waals surface area (Å²) in [6, 6.07) is 11.8. The second-order valence-corrected chi connectivity index (χ2v) is 7.22. The maximum atomic E-state index is 6.31. The van der Waals surface area contributed by atoms with E-state index < -0.39 is 0 Å². The van der Waals surface area contributed by atoms with Gasteiger partial charge in [0.05, 0.1) is 36.8 Å². The molecule has 0 saturated heterocycles. The van der Waals surface area contributed by atoms with Crippen molar-refractivity contribution < 1.29 is 9.47 Å². The molecule has 0 radical (unpaired) electrons. The number of anilines is 1. The summed E-state index contributed by atoms with van der Waals surface area (Å²) in [4.78, 5) is 9.39. The van der Waals surface area contributed by atoms with E-state index in [0.29, 0.717) is 29.6 Å². The highest BCUT2D eigenvalue weighted by Crippen LogP contribution is 2.34. The molecule has 0 atom stereocenters. The van der Waals surface area contributed by atoms with Crippen LogP contribution in [0.4, 0.5) is 5.82 Å². The quantitative estimate of drug-likeness (QED) is 0.446. The lowest BCUT2D eigenvalue weighted by atomic mass is 10.1. The van der Waals surface area contributed by atoms with E-state index in [0.717, 1.165) is 39.1 Å². The molecule has 156 valence electrons. The van der Waals surface area contributed by atoms with Crippen LogP contribution in [0, 0.1) is 6.92 Å². The van der Waals surface area contributed by atoms with Crippen LogP contribution in [0.5, 0.6) is 11.5 Å². The van der Waals surface area contributed by atoms with Crippen LogP contribution in [-0.4, -0.2) is 38.3 Å². The van der Waals surface area contributed by atoms with Gasteiger partial charge in [0.1, 0.15) is 0 Å². The third kappa shape index (κ3) is 3.13. The Bertz CT molecular complexity index is 1420. The number of nitrogens with two attached hydrogens (primary N) is 1. The molecule has 2 aromatic carbocycles. The highest BCUT2D eigenvalue weighted by molar-refractivity contribution is 5.84. The lowest BCUT2D eigenvalue weighted by Gasteiger charge is -2.10. The average molecular weight is 414 g/mol. The van der Waals surface area contributed by atoms with E-state index in [2.05, 4.69) is 15.2 Å². The van der Waals surface area contributed by atoms with Crippen LogP contribution in [0.1, 0.15) is 12.6 Å². The molecule has 0 aliphatic carbocycles. The number of nitrogen functional groups attached to an aromatic ring is 1. The van der Waals surface area contributed by atoms with Crippen LogP contribution in [0.25, 0.3) is 39.1 Å². The number of nitrogens with one attached hydrogen (secondary N) is 1. The topological polar surface area (TPSA) is 103 Å². The van der Waals surface area contributed by atoms with Gasteiger partial charge in [-0.2, -0.15) is 5.10 Å². The van der Waals surface area contributed by atoms with Gasteiger partial charge in [-0.25, -0.2) is 9.97 Å². The minimum Gasteiger partial charge on any atom is -0.493 e. The third-order valence-electron chi connectivity index (χ3n) is 5.35. The molecule has 0 aliphatic heterocycles. The summed E-state index contributed by atoms with van der Waals surface area (Å²) in [5.74, 6) is 1.73. The standard InChI is InChI=1S/C23H22N6O2/c1-4-31-19-8-7-14(10-20(19)30-3)18-12-29-13(2)21(27-22(24)23(29)26-18)15-5-6-16-11-25-28-17(16)9-15/h5-12H,4H2,1-3H3,(H2,24,27)(H,25,28). The van der Waals surface area contributed by atoms with Crippen molar-refractivity contribution in [3.63, 3.8) is 0 Å². The van der Waals surface area contributed by atoms with Gasteiger partial charge in [-0.05, 0) is 38.1 Å². The molecule has 3 N–H and O–H groups in total. The summed E-state index contributed by atoms with van der Waals surface area (Å²) < 4.78 is 13.1. The van der Waals surface area contributed by atoms with Crippen molar-refractivity contribution in [2.75, 3.05) is 19.5 Å². The number of aromatic nitrogens is 5. The number of aromatic amines is 1. The van der Waals surface area contributed by atoms with Gasteiger partial charge in [-0.15, -0.1) is 0 Å². The Morgan fingerprint density at radius 3 is 2.71 bits per heavy atom. The zero-order valence-electron chi connectivity index (χ0n) is 17.5. The summed E-state index contributed by atoms with van der Waals surface area (Å²) in [5, 5.41) is 8.14. The van der Waals surface area contributed by atoms with E-state index in [1.807, 2.05) is 60.8 Å². The minimum atomic E-state index is 0.370. The first-order valence-electron chi connectivity index (χ1n) is 9.99. The number of benzene rings is 2. The monoisotopic (exact) mass is 414 g/mol. The van der Waals surface area contributed by atoms with E-state index >= 15 is 0 Å². The SMILES string of the molecule is CCOc1ccc(-c2cn3c(C)c(-c4ccc5cn[nH]c5c4)nc(N)c3n2)cc1OC. The summed E-state index contributed by atoms with van der Waals surface area (Å²) in [6.45, 7) is 4.52. The lowest BCUT2D eigenvalue weighted by molar-refractivity contribution is 0.311. The lowest BCUT2D eigenvalue weighted by Crippen LogP contribution is -2.03. The fourth-order valence-electron chi connectivity index (χ4n) is 3.78. The molecule has 0 unspecified atom stereocenters. The van der Waals surface area contributed by atoms with Crippen molar-refractivity contribution in [2.45, 2.75) is 13.8 Å². The Balaban J connectivity index is 1.63. The van der Waals surface area contributed by atoms with E-state index in [4.69, 9.17) is 20.2 Å². The minimum absolute atomic E-state index is 0.370. The van der Waals surface area contributed by atoms with Crippen molar-refractivity contribution in [3.8, 4) is 34.0 Å². The first-order chi connectivity index (χ1) is 15.1. The number of ether oxygens (including phenoxy) is 2. The van der Waals surface area contributed by atoms with Crippen LogP contribution in [0.2, 0.25) is 0 Å². The molecule has 3 aromatic heterocycles. The van der Waals surface area contributed by atoms with Crippen LogP contribution in [-0.2, 0) is 0 Å². The molecule has 0 aliphatic rings. The maximum absolute atomic E-state index is 6.31. The molecule has 0 spiro atoms. The largest absolute Gasteiger partial charge is 0.493 e. The molecule has 8 heteroatoms. The van der Waals surface area contributed by atoms with E-state index in [-0.39, 0.29) is 0 Å². The van der Waals surface area contributed by atoms with Gasteiger partial charge in [-0.1, -0.05) is 12.1 Å². The van der Waals surface area contributed by atoms with Crippen LogP contribution < -0.4 is 15.2 Å². The smallest absolute Gasteiger partial charge is 0.180 e. The molecule has 0 saturated carbocycles. The number of hydrogen-bond acceptors (Lipinski definition) is 6. The Morgan fingerprint density at radius 1 is 1.06 bits per heavy atom. The fraction of sp³-hybridized carbons (Fsp3) is 0.174. The van der Waals surface area contributed by atoms with Crippen LogP contribution >= 0.6 is 0 Å². The second-order valence-electron chi connectivity index (χ2n) is 7.22. The van der Waals surface area contributed by atoms with Gasteiger partial charge in [0.2, 0.25) is 0 Å². The molecule has 31 heavy (non-hydrogen) atoms. The Labute approximate surface area is 178 Å². The zero-order chi connectivity index (χ0) is 21.5. The second kappa shape index (κ2) is 7.32. The fourth-order valence-corrected chi connectivity index (χ4v) is 3.78. The van der Waals surface area contributed by atoms with Gasteiger partial charge in [0.25, 0.3) is 0 Å². The molecule has 0 bridgehead atoms. The first kappa shape index (κ1) is 18.9. The van der Waals surface area contributed by atoms with Gasteiger partial charge < -0.3 is 15.2 Å². The van der Waals surface area contributed by atoms with Crippen molar-refractivity contribution >= 4 is 22.4 Å². The van der Waals surface area contributed by atoms with E-state index in [1.165, 1.54) is 0 Å². The van der Waals surface area contributed by atoms with Crippen molar-refractivity contribution in [2.24, 2.45) is 0 Å². The predicted molar refractivity (Wildman–Crippen MR) is 120 cm³/mol. The number of H-pyrrole nitrogens is 1. The summed E-state index contributed by atoms with van der Waals surface area (Å²) in [7, 11) is 1.63. The number of rotatable bonds is 5. The van der Waals surface area contributed by atoms with Crippen LogP contribution in [0.15, 0.2) is 48.8 Å². The van der Waals surface area contributed by atoms with Gasteiger partial charge >= 0.3 is 0 Å². The average Bonchev–Trinajstić information content (AvgIpc) is 3.44. The molecular weight excluding hydrogens is 392 g/mol. The molecular formula is C23H22N6O2. The van der Waals surface area contributed by atoms with E-state index in [1.54, 1.807) is 13.3 Å². The molecule has 5 aromatic rings. The highest BCUT2D eigenvalue weighted by Gasteiger charge is 2.16. The third-order valence-corrected chi connectivity index (χ3v) is 5.35. The zero-order valence-corrected chi connectivity index (χ0v) is 17.5. The molecule has 5 rings (SSSR count). The number of hydrogen-bond donors (Lipinski definition) is 2. The summed E-state index contributed by atoms with van der Waals surface area (Å²) in [6.07, 6.45) is 3.76. The van der Waals surface area contributed by atoms with Crippen molar-refractivity contribution in [1.82, 2.24) is 24.6 Å². The maximum Gasteiger partial charge on any atom is 0.180 e. The number of fused-ring (bicyclic) bond motifs is 2. The van der Waals surface area contributed by atoms with Crippen molar-refractivity contribution in [3.05, 3.63) is 54.5 Å². The molecule has 0 fully saturated rings. The Kier molecular flexibility index (Phi) is 4.47. The normalized spacial score (nSPS) is 11.3.